The Balaban J connectivity index is 1.63. The van der Waals surface area contributed by atoms with E-state index in [0.717, 1.165) is 21.6 Å². The van der Waals surface area contributed by atoms with Crippen LogP contribution in [0.2, 0.25) is 0 Å². The molecule has 3 aromatic carbocycles. The van der Waals surface area contributed by atoms with Crippen molar-refractivity contribution in [2.24, 2.45) is 5.92 Å². The standard InChI is InChI=1S/C32H36N2O6/c1-32(2,3)40-30(37)33(20-24-15-9-5-10-16-24)21-28(35)26(19-23-13-7-4-8-14-23)29(36)34-27(22-39-31(34)38)25-17-11-6-12-18-25/h4-18,26-28,35H,19-22H2,1-3H3/t26-,27+,28+/m0/s1. The zero-order valence-corrected chi connectivity index (χ0v) is 23.1. The van der Waals surface area contributed by atoms with Crippen molar-refractivity contribution in [3.63, 3.8) is 0 Å². The summed E-state index contributed by atoms with van der Waals surface area (Å²) in [7, 11) is 0. The van der Waals surface area contributed by atoms with Crippen LogP contribution in [0.15, 0.2) is 91.0 Å². The summed E-state index contributed by atoms with van der Waals surface area (Å²) in [5.74, 6) is -1.59. The van der Waals surface area contributed by atoms with Gasteiger partial charge in [-0.25, -0.2) is 14.5 Å². The van der Waals surface area contributed by atoms with E-state index >= 15 is 0 Å². The molecule has 8 nitrogen and oxygen atoms in total. The fourth-order valence-corrected chi connectivity index (χ4v) is 4.71. The average molecular weight is 545 g/mol. The fourth-order valence-electron chi connectivity index (χ4n) is 4.71. The van der Waals surface area contributed by atoms with Crippen molar-refractivity contribution >= 4 is 18.1 Å². The van der Waals surface area contributed by atoms with Crippen LogP contribution in [-0.4, -0.2) is 57.9 Å². The molecule has 0 bridgehead atoms. The van der Waals surface area contributed by atoms with Gasteiger partial charge >= 0.3 is 12.2 Å². The molecule has 40 heavy (non-hydrogen) atoms. The zero-order valence-electron chi connectivity index (χ0n) is 23.1. The Hall–Kier alpha value is -4.17. The summed E-state index contributed by atoms with van der Waals surface area (Å²) in [5, 5.41) is 11.6. The van der Waals surface area contributed by atoms with Crippen LogP contribution in [0.1, 0.15) is 43.5 Å². The molecule has 3 atom stereocenters. The molecular formula is C32H36N2O6. The Kier molecular flexibility index (Phi) is 9.22. The molecule has 0 aromatic heterocycles. The van der Waals surface area contributed by atoms with E-state index in [1.165, 1.54) is 4.90 Å². The molecule has 1 aliphatic heterocycles. The van der Waals surface area contributed by atoms with Crippen LogP contribution in [0.25, 0.3) is 0 Å². The molecule has 3 amide bonds. The van der Waals surface area contributed by atoms with Crippen LogP contribution < -0.4 is 0 Å². The minimum absolute atomic E-state index is 0.0286. The summed E-state index contributed by atoms with van der Waals surface area (Å²) >= 11 is 0. The van der Waals surface area contributed by atoms with Crippen LogP contribution in [0, 0.1) is 5.92 Å². The molecular weight excluding hydrogens is 508 g/mol. The third-order valence-electron chi connectivity index (χ3n) is 6.65. The minimum Gasteiger partial charge on any atom is -0.446 e. The molecule has 3 aromatic rings. The number of aliphatic hydroxyl groups excluding tert-OH is 1. The van der Waals surface area contributed by atoms with Crippen molar-refractivity contribution in [1.29, 1.82) is 0 Å². The first-order chi connectivity index (χ1) is 19.1. The topological polar surface area (TPSA) is 96.4 Å². The molecule has 4 rings (SSSR count). The van der Waals surface area contributed by atoms with Gasteiger partial charge in [0, 0.05) is 6.54 Å². The van der Waals surface area contributed by atoms with Crippen LogP contribution in [0.3, 0.4) is 0 Å². The molecule has 0 aliphatic carbocycles. The third-order valence-corrected chi connectivity index (χ3v) is 6.65. The lowest BCUT2D eigenvalue weighted by atomic mass is 9.91. The van der Waals surface area contributed by atoms with Gasteiger partial charge in [0.1, 0.15) is 18.2 Å². The number of hydrogen-bond donors (Lipinski definition) is 1. The first kappa shape index (κ1) is 28.8. The normalized spacial score (nSPS) is 16.6. The summed E-state index contributed by atoms with van der Waals surface area (Å²) in [4.78, 5) is 42.6. The second-order valence-corrected chi connectivity index (χ2v) is 10.9. The highest BCUT2D eigenvalue weighted by molar-refractivity contribution is 5.95. The number of imide groups is 1. The van der Waals surface area contributed by atoms with Gasteiger partial charge in [-0.2, -0.15) is 0 Å². The number of benzene rings is 3. The Labute approximate surface area is 235 Å². The number of nitrogens with zero attached hydrogens (tertiary/aromatic N) is 2. The summed E-state index contributed by atoms with van der Waals surface area (Å²) in [5.41, 5.74) is 1.67. The number of carbonyl (C=O) groups is 3. The van der Waals surface area contributed by atoms with E-state index in [-0.39, 0.29) is 26.1 Å². The molecule has 1 aliphatic rings. The lowest BCUT2D eigenvalue weighted by molar-refractivity contribution is -0.137. The maximum Gasteiger partial charge on any atom is 0.417 e. The van der Waals surface area contributed by atoms with Gasteiger partial charge in [0.15, 0.2) is 0 Å². The number of amides is 3. The van der Waals surface area contributed by atoms with Crippen LogP contribution in [0.5, 0.6) is 0 Å². The lowest BCUT2D eigenvalue weighted by Gasteiger charge is -2.32. The quantitative estimate of drug-likeness (QED) is 0.389. The first-order valence-corrected chi connectivity index (χ1v) is 13.4. The minimum atomic E-state index is -1.30. The second-order valence-electron chi connectivity index (χ2n) is 10.9. The molecule has 210 valence electrons. The SMILES string of the molecule is CC(C)(C)OC(=O)N(Cc1ccccc1)C[C@@H](O)[C@H](Cc1ccccc1)C(=O)N1C(=O)OC[C@@H]1c1ccccc1. The predicted molar refractivity (Wildman–Crippen MR) is 150 cm³/mol. The summed E-state index contributed by atoms with van der Waals surface area (Å²) in [6.07, 6.45) is -2.49. The van der Waals surface area contributed by atoms with Crippen molar-refractivity contribution in [2.45, 2.75) is 51.5 Å². The molecule has 1 N–H and O–H groups in total. The van der Waals surface area contributed by atoms with Crippen molar-refractivity contribution < 1.29 is 29.0 Å². The summed E-state index contributed by atoms with van der Waals surface area (Å²) < 4.78 is 10.9. The Morgan fingerprint density at radius 2 is 1.50 bits per heavy atom. The molecule has 0 radical (unpaired) electrons. The van der Waals surface area contributed by atoms with Gasteiger partial charge < -0.3 is 19.5 Å². The van der Waals surface area contributed by atoms with Gasteiger partial charge in [0.05, 0.1) is 18.6 Å². The average Bonchev–Trinajstić information content (AvgIpc) is 3.33. The smallest absolute Gasteiger partial charge is 0.417 e. The van der Waals surface area contributed by atoms with E-state index in [1.54, 1.807) is 20.8 Å². The molecule has 1 fully saturated rings. The van der Waals surface area contributed by atoms with Gasteiger partial charge in [-0.05, 0) is 43.9 Å². The number of hydrogen-bond acceptors (Lipinski definition) is 6. The van der Waals surface area contributed by atoms with Crippen molar-refractivity contribution in [3.05, 3.63) is 108 Å². The fraction of sp³-hybridized carbons (Fsp3) is 0.344. The van der Waals surface area contributed by atoms with E-state index in [1.807, 2.05) is 91.0 Å². The van der Waals surface area contributed by atoms with Crippen LogP contribution >= 0.6 is 0 Å². The van der Waals surface area contributed by atoms with Crippen molar-refractivity contribution in [1.82, 2.24) is 9.80 Å². The second kappa shape index (κ2) is 12.8. The maximum absolute atomic E-state index is 14.1. The third kappa shape index (κ3) is 7.48. The molecule has 1 saturated heterocycles. The largest absolute Gasteiger partial charge is 0.446 e. The summed E-state index contributed by atoms with van der Waals surface area (Å²) in [6, 6.07) is 27.2. The maximum atomic E-state index is 14.1. The zero-order chi connectivity index (χ0) is 28.7. The van der Waals surface area contributed by atoms with Gasteiger partial charge in [-0.3, -0.25) is 4.79 Å². The number of ether oxygens (including phenoxy) is 2. The number of rotatable bonds is 9. The highest BCUT2D eigenvalue weighted by Gasteiger charge is 2.44. The van der Waals surface area contributed by atoms with Gasteiger partial charge in [-0.1, -0.05) is 91.0 Å². The van der Waals surface area contributed by atoms with E-state index in [2.05, 4.69) is 0 Å². The van der Waals surface area contributed by atoms with E-state index in [0.29, 0.717) is 0 Å². The highest BCUT2D eigenvalue weighted by atomic mass is 16.6. The molecule has 0 spiro atoms. The van der Waals surface area contributed by atoms with Crippen LogP contribution in [0.4, 0.5) is 9.59 Å². The molecule has 0 unspecified atom stereocenters. The Morgan fingerprint density at radius 1 is 0.950 bits per heavy atom. The van der Waals surface area contributed by atoms with Crippen molar-refractivity contribution in [3.8, 4) is 0 Å². The van der Waals surface area contributed by atoms with E-state index in [9.17, 15) is 19.5 Å². The van der Waals surface area contributed by atoms with Crippen LogP contribution in [-0.2, 0) is 27.2 Å². The summed E-state index contributed by atoms with van der Waals surface area (Å²) in [6.45, 7) is 5.34. The lowest BCUT2D eigenvalue weighted by Crippen LogP contribution is -2.48. The number of aliphatic hydroxyl groups is 1. The highest BCUT2D eigenvalue weighted by Crippen LogP contribution is 2.31. The number of cyclic esters (lactones) is 1. The molecule has 1 heterocycles. The van der Waals surface area contributed by atoms with Gasteiger partial charge in [0.25, 0.3) is 0 Å². The Morgan fingerprint density at radius 3 is 2.08 bits per heavy atom. The van der Waals surface area contributed by atoms with E-state index < -0.39 is 41.8 Å². The molecule has 0 saturated carbocycles. The molecule has 8 heteroatoms. The van der Waals surface area contributed by atoms with E-state index in [4.69, 9.17) is 9.47 Å². The van der Waals surface area contributed by atoms with Crippen molar-refractivity contribution in [2.75, 3.05) is 13.2 Å². The first-order valence-electron chi connectivity index (χ1n) is 13.4. The predicted octanol–water partition coefficient (Wildman–Crippen LogP) is 5.36. The Bertz CT molecular complexity index is 1280. The number of carbonyl (C=O) groups excluding carboxylic acids is 3. The monoisotopic (exact) mass is 544 g/mol. The van der Waals surface area contributed by atoms with Gasteiger partial charge in [-0.15, -0.1) is 0 Å². The van der Waals surface area contributed by atoms with Gasteiger partial charge in [0.2, 0.25) is 5.91 Å².